The van der Waals surface area contributed by atoms with Crippen molar-refractivity contribution < 1.29 is 29.0 Å². The zero-order chi connectivity index (χ0) is 38.5. The lowest BCUT2D eigenvalue weighted by Gasteiger charge is -2.32. The van der Waals surface area contributed by atoms with E-state index in [0.717, 1.165) is 70.6 Å². The molecule has 1 atom stereocenters. The van der Waals surface area contributed by atoms with Crippen molar-refractivity contribution in [3.8, 4) is 16.9 Å². The molecule has 2 N–H and O–H groups in total. The molecule has 2 aliphatic rings. The minimum Gasteiger partial charge on any atom is -0.493 e. The van der Waals surface area contributed by atoms with Crippen LogP contribution in [0.5, 0.6) is 5.75 Å². The van der Waals surface area contributed by atoms with Crippen LogP contribution in [0.15, 0.2) is 72.8 Å². The molecule has 1 saturated heterocycles. The number of fused-ring (bicyclic) bond motifs is 2. The van der Waals surface area contributed by atoms with Gasteiger partial charge < -0.3 is 19.5 Å². The van der Waals surface area contributed by atoms with Crippen LogP contribution < -0.4 is 15.0 Å². The Bertz CT molecular complexity index is 2160. The SMILES string of the molecule is CCOC(=O)CN1CCC(C[C@H](C)COc2ccc(-c3ccc(N4CCc5cccc(C(=O)Nc6nc7ccccc7s6)c5C4)nc3C(=O)O)c(C)c2)CC1. The molecule has 2 aromatic heterocycles. The van der Waals surface area contributed by atoms with Crippen molar-refractivity contribution in [1.82, 2.24) is 14.9 Å². The number of para-hydroxylation sites is 1. The molecule has 0 aliphatic carbocycles. The number of carbonyl (C=O) groups excluding carboxylic acids is 2. The number of amides is 1. The van der Waals surface area contributed by atoms with Crippen LogP contribution in [-0.4, -0.2) is 77.2 Å². The Morgan fingerprint density at radius 1 is 0.982 bits per heavy atom. The predicted octanol–water partition coefficient (Wildman–Crippen LogP) is 7.86. The molecule has 12 heteroatoms. The third-order valence-corrected chi connectivity index (χ3v) is 11.5. The number of aromatic carboxylic acids is 1. The summed E-state index contributed by atoms with van der Waals surface area (Å²) in [5.74, 6) is 0.767. The van der Waals surface area contributed by atoms with Gasteiger partial charge in [0.1, 0.15) is 11.6 Å². The van der Waals surface area contributed by atoms with Gasteiger partial charge in [0, 0.05) is 24.2 Å². The van der Waals surface area contributed by atoms with E-state index in [2.05, 4.69) is 27.1 Å². The van der Waals surface area contributed by atoms with Gasteiger partial charge in [-0.3, -0.25) is 19.8 Å². The first kappa shape index (κ1) is 38.0. The highest BCUT2D eigenvalue weighted by Crippen LogP contribution is 2.34. The summed E-state index contributed by atoms with van der Waals surface area (Å²) in [5, 5.41) is 13.9. The number of hydrogen-bond donors (Lipinski definition) is 2. The number of nitrogens with zero attached hydrogens (tertiary/aromatic N) is 4. The Labute approximate surface area is 325 Å². The Morgan fingerprint density at radius 3 is 2.55 bits per heavy atom. The number of benzene rings is 3. The summed E-state index contributed by atoms with van der Waals surface area (Å²) >= 11 is 1.43. The molecule has 2 aliphatic heterocycles. The van der Waals surface area contributed by atoms with Crippen LogP contribution in [0.4, 0.5) is 10.9 Å². The van der Waals surface area contributed by atoms with Gasteiger partial charge in [0.05, 0.1) is 30.0 Å². The van der Waals surface area contributed by atoms with Gasteiger partial charge >= 0.3 is 11.9 Å². The minimum absolute atomic E-state index is 0.0242. The zero-order valence-corrected chi connectivity index (χ0v) is 32.4. The number of ether oxygens (including phenoxy) is 2. The lowest BCUT2D eigenvalue weighted by Crippen LogP contribution is -2.38. The van der Waals surface area contributed by atoms with E-state index in [1.807, 2.05) is 91.5 Å². The number of pyridine rings is 1. The van der Waals surface area contributed by atoms with E-state index in [4.69, 9.17) is 9.47 Å². The molecule has 3 aromatic carbocycles. The van der Waals surface area contributed by atoms with Gasteiger partial charge in [-0.2, -0.15) is 0 Å². The van der Waals surface area contributed by atoms with E-state index in [1.165, 1.54) is 11.3 Å². The highest BCUT2D eigenvalue weighted by molar-refractivity contribution is 7.22. The van der Waals surface area contributed by atoms with Crippen molar-refractivity contribution >= 4 is 50.3 Å². The number of thiazole rings is 1. The van der Waals surface area contributed by atoms with E-state index in [-0.39, 0.29) is 17.6 Å². The van der Waals surface area contributed by atoms with Gasteiger partial charge in [0.25, 0.3) is 5.91 Å². The van der Waals surface area contributed by atoms with Crippen molar-refractivity contribution in [3.63, 3.8) is 0 Å². The summed E-state index contributed by atoms with van der Waals surface area (Å²) in [6.45, 7) is 10.2. The number of hydrogen-bond acceptors (Lipinski definition) is 10. The van der Waals surface area contributed by atoms with Crippen LogP contribution in [0, 0.1) is 18.8 Å². The molecular weight excluding hydrogens is 715 g/mol. The number of esters is 1. The van der Waals surface area contributed by atoms with Crippen molar-refractivity contribution in [2.24, 2.45) is 11.8 Å². The monoisotopic (exact) mass is 761 g/mol. The molecule has 0 saturated carbocycles. The molecule has 1 amide bonds. The molecule has 55 heavy (non-hydrogen) atoms. The molecule has 1 fully saturated rings. The fourth-order valence-corrected chi connectivity index (χ4v) is 8.62. The molecule has 11 nitrogen and oxygen atoms in total. The maximum Gasteiger partial charge on any atom is 0.355 e. The van der Waals surface area contributed by atoms with E-state index in [0.29, 0.717) is 73.2 Å². The molecule has 286 valence electrons. The number of aromatic nitrogens is 2. The molecular formula is C43H47N5O6S. The van der Waals surface area contributed by atoms with E-state index >= 15 is 0 Å². The molecule has 7 rings (SSSR count). The summed E-state index contributed by atoms with van der Waals surface area (Å²) in [5.41, 5.74) is 5.58. The van der Waals surface area contributed by atoms with Crippen molar-refractivity contribution in [3.05, 3.63) is 101 Å². The first-order chi connectivity index (χ1) is 26.6. The number of carbonyl (C=O) groups is 3. The van der Waals surface area contributed by atoms with Crippen LogP contribution >= 0.6 is 11.3 Å². The highest BCUT2D eigenvalue weighted by Gasteiger charge is 2.26. The van der Waals surface area contributed by atoms with Crippen LogP contribution in [0.3, 0.4) is 0 Å². The normalized spacial score (nSPS) is 15.4. The summed E-state index contributed by atoms with van der Waals surface area (Å²) < 4.78 is 12.3. The predicted molar refractivity (Wildman–Crippen MR) is 215 cm³/mol. The van der Waals surface area contributed by atoms with E-state index in [9.17, 15) is 19.5 Å². The second-order valence-corrected chi connectivity index (χ2v) is 15.6. The minimum atomic E-state index is -1.11. The molecule has 0 unspecified atom stereocenters. The maximum atomic E-state index is 13.5. The van der Waals surface area contributed by atoms with Gasteiger partial charge in [-0.15, -0.1) is 0 Å². The third kappa shape index (κ3) is 8.98. The Kier molecular flexibility index (Phi) is 11.7. The molecule has 0 radical (unpaired) electrons. The first-order valence-electron chi connectivity index (χ1n) is 19.0. The summed E-state index contributed by atoms with van der Waals surface area (Å²) in [4.78, 5) is 51.5. The first-order valence-corrected chi connectivity index (χ1v) is 19.9. The summed E-state index contributed by atoms with van der Waals surface area (Å²) in [6.07, 6.45) is 3.88. The Balaban J connectivity index is 0.988. The molecule has 5 aromatic rings. The number of anilines is 2. The molecule has 0 bridgehead atoms. The largest absolute Gasteiger partial charge is 0.493 e. The van der Waals surface area contributed by atoms with Crippen LogP contribution in [0.2, 0.25) is 0 Å². The Hall–Kier alpha value is -5.33. The highest BCUT2D eigenvalue weighted by atomic mass is 32.1. The fourth-order valence-electron chi connectivity index (χ4n) is 7.76. The van der Waals surface area contributed by atoms with Gasteiger partial charge in [0.2, 0.25) is 0 Å². The molecule has 0 spiro atoms. The quantitative estimate of drug-likeness (QED) is 0.114. The molecule has 4 heterocycles. The van der Waals surface area contributed by atoms with Crippen LogP contribution in [-0.2, 0) is 22.5 Å². The summed E-state index contributed by atoms with van der Waals surface area (Å²) in [7, 11) is 0. The van der Waals surface area contributed by atoms with E-state index in [1.54, 1.807) is 0 Å². The second kappa shape index (κ2) is 17.0. The smallest absolute Gasteiger partial charge is 0.355 e. The standard InChI is InChI=1S/C43H47N5O6S/c1-4-53-39(49)25-47-19-16-29(17-20-47)22-27(2)26-54-31-12-13-32(28(3)23-31)33-14-15-38(45-40(33)42(51)52)48-21-18-30-8-7-9-34(35(30)24-48)41(50)46-43-44-36-10-5-6-11-37(36)55-43/h5-15,23,27,29H,4,16-22,24-26H2,1-3H3,(H,51,52)(H,44,46,50)/t27-/m0/s1. The second-order valence-electron chi connectivity index (χ2n) is 14.6. The summed E-state index contributed by atoms with van der Waals surface area (Å²) in [6, 6.07) is 23.0. The lowest BCUT2D eigenvalue weighted by atomic mass is 9.88. The van der Waals surface area contributed by atoms with Crippen molar-refractivity contribution in [2.45, 2.75) is 53.0 Å². The average molecular weight is 762 g/mol. The lowest BCUT2D eigenvalue weighted by molar-refractivity contribution is -0.144. The Morgan fingerprint density at radius 2 is 1.78 bits per heavy atom. The number of likely N-dealkylation sites (tertiary alicyclic amines) is 1. The van der Waals surface area contributed by atoms with Crippen molar-refractivity contribution in [1.29, 1.82) is 0 Å². The topological polar surface area (TPSA) is 134 Å². The van der Waals surface area contributed by atoms with Crippen LogP contribution in [0.1, 0.15) is 70.6 Å². The zero-order valence-electron chi connectivity index (χ0n) is 31.5. The number of nitrogens with one attached hydrogen (secondary N) is 1. The van der Waals surface area contributed by atoms with Crippen molar-refractivity contribution in [2.75, 3.05) is 49.6 Å². The number of rotatable bonds is 13. The van der Waals surface area contributed by atoms with Gasteiger partial charge in [0.15, 0.2) is 10.8 Å². The average Bonchev–Trinajstić information content (AvgIpc) is 3.59. The number of carboxylic acid groups (broad SMARTS) is 1. The maximum absolute atomic E-state index is 13.5. The van der Waals surface area contributed by atoms with Crippen LogP contribution in [0.25, 0.3) is 21.3 Å². The fraction of sp³-hybridized carbons (Fsp3) is 0.372. The number of carboxylic acids is 1. The third-order valence-electron chi connectivity index (χ3n) is 10.6. The number of aryl methyl sites for hydroxylation is 1. The van der Waals surface area contributed by atoms with Gasteiger partial charge in [-0.1, -0.05) is 48.6 Å². The van der Waals surface area contributed by atoms with E-state index < -0.39 is 5.97 Å². The van der Waals surface area contributed by atoms with Gasteiger partial charge in [-0.05, 0) is 129 Å². The number of piperidine rings is 1. The van der Waals surface area contributed by atoms with Gasteiger partial charge in [-0.25, -0.2) is 14.8 Å².